The fourth-order valence-electron chi connectivity index (χ4n) is 2.17. The quantitative estimate of drug-likeness (QED) is 0.814. The third kappa shape index (κ3) is 1.70. The lowest BCUT2D eigenvalue weighted by molar-refractivity contribution is 0.630. The number of aromatic nitrogens is 2. The van der Waals surface area contributed by atoms with Crippen molar-refractivity contribution in [2.24, 2.45) is 0 Å². The van der Waals surface area contributed by atoms with E-state index in [4.69, 9.17) is 0 Å². The van der Waals surface area contributed by atoms with Crippen molar-refractivity contribution in [3.05, 3.63) is 47.2 Å². The predicted octanol–water partition coefficient (Wildman–Crippen LogP) is 2.19. The molecule has 0 saturated heterocycles. The Hall–Kier alpha value is -1.81. The lowest BCUT2D eigenvalue weighted by atomic mass is 10.1. The third-order valence-corrected chi connectivity index (χ3v) is 2.93. The Labute approximate surface area is 98.7 Å². The zero-order valence-electron chi connectivity index (χ0n) is 9.50. The minimum Gasteiger partial charge on any atom is -0.307 e. The van der Waals surface area contributed by atoms with E-state index in [1.54, 1.807) is 12.1 Å². The highest BCUT2D eigenvalue weighted by Gasteiger charge is 2.20. The van der Waals surface area contributed by atoms with E-state index in [0.29, 0.717) is 17.9 Å². The first kappa shape index (κ1) is 10.4. The van der Waals surface area contributed by atoms with E-state index >= 15 is 0 Å². The molecule has 0 fully saturated rings. The molecular formula is C13H12FN3. The Morgan fingerprint density at radius 1 is 1.18 bits per heavy atom. The second-order valence-corrected chi connectivity index (χ2v) is 4.13. The molecule has 2 aromatic rings. The molecule has 3 rings (SSSR count). The molecule has 1 aromatic heterocycles. The van der Waals surface area contributed by atoms with E-state index in [2.05, 4.69) is 15.3 Å². The maximum atomic E-state index is 13.8. The maximum absolute atomic E-state index is 13.8. The fraction of sp³-hybridized carbons (Fsp3) is 0.231. The molecule has 0 atom stereocenters. The first-order valence-corrected chi connectivity index (χ1v) is 5.57. The summed E-state index contributed by atoms with van der Waals surface area (Å²) in [6.07, 6.45) is 0. The Balaban J connectivity index is 2.25. The number of hydrogen-bond acceptors (Lipinski definition) is 3. The Kier molecular flexibility index (Phi) is 2.37. The molecule has 0 amide bonds. The van der Waals surface area contributed by atoms with Crippen LogP contribution in [0.25, 0.3) is 11.3 Å². The maximum Gasteiger partial charge on any atom is 0.132 e. The van der Waals surface area contributed by atoms with Crippen molar-refractivity contribution in [2.75, 3.05) is 0 Å². The molecule has 2 heterocycles. The molecule has 1 aliphatic heterocycles. The highest BCUT2D eigenvalue weighted by molar-refractivity contribution is 5.65. The zero-order valence-corrected chi connectivity index (χ0v) is 9.50. The molecule has 86 valence electrons. The first-order chi connectivity index (χ1) is 8.25. The van der Waals surface area contributed by atoms with Crippen LogP contribution in [0.15, 0.2) is 24.3 Å². The van der Waals surface area contributed by atoms with Gasteiger partial charge in [-0.1, -0.05) is 12.1 Å². The summed E-state index contributed by atoms with van der Waals surface area (Å²) in [4.78, 5) is 8.76. The van der Waals surface area contributed by atoms with Gasteiger partial charge < -0.3 is 5.32 Å². The average Bonchev–Trinajstić information content (AvgIpc) is 2.76. The number of halogens is 1. The van der Waals surface area contributed by atoms with Crippen LogP contribution < -0.4 is 5.32 Å². The van der Waals surface area contributed by atoms with E-state index in [0.717, 1.165) is 23.5 Å². The van der Waals surface area contributed by atoms with Crippen LogP contribution >= 0.6 is 0 Å². The van der Waals surface area contributed by atoms with Crippen LogP contribution in [0.3, 0.4) is 0 Å². The van der Waals surface area contributed by atoms with Crippen LogP contribution in [-0.4, -0.2) is 9.97 Å². The largest absolute Gasteiger partial charge is 0.307 e. The highest BCUT2D eigenvalue weighted by atomic mass is 19.1. The van der Waals surface area contributed by atoms with Gasteiger partial charge >= 0.3 is 0 Å². The first-order valence-electron chi connectivity index (χ1n) is 5.57. The van der Waals surface area contributed by atoms with Crippen LogP contribution in [0.2, 0.25) is 0 Å². The summed E-state index contributed by atoms with van der Waals surface area (Å²) >= 11 is 0. The summed E-state index contributed by atoms with van der Waals surface area (Å²) in [6, 6.07) is 6.73. The van der Waals surface area contributed by atoms with Crippen LogP contribution in [0, 0.1) is 12.7 Å². The highest BCUT2D eigenvalue weighted by Crippen LogP contribution is 2.28. The monoisotopic (exact) mass is 229 g/mol. The molecule has 17 heavy (non-hydrogen) atoms. The van der Waals surface area contributed by atoms with Gasteiger partial charge in [-0.05, 0) is 19.1 Å². The summed E-state index contributed by atoms with van der Waals surface area (Å²) in [5, 5.41) is 3.22. The van der Waals surface area contributed by atoms with E-state index in [1.165, 1.54) is 6.07 Å². The summed E-state index contributed by atoms with van der Waals surface area (Å²) in [6.45, 7) is 3.28. The number of nitrogens with zero attached hydrogens (tertiary/aromatic N) is 2. The minimum atomic E-state index is -0.236. The number of aryl methyl sites for hydroxylation is 1. The molecule has 0 bridgehead atoms. The molecule has 0 saturated carbocycles. The van der Waals surface area contributed by atoms with Crippen LogP contribution in [0.1, 0.15) is 17.1 Å². The van der Waals surface area contributed by atoms with Crippen molar-refractivity contribution in [3.8, 4) is 11.3 Å². The predicted molar refractivity (Wildman–Crippen MR) is 62.7 cm³/mol. The second kappa shape index (κ2) is 3.89. The molecule has 0 radical (unpaired) electrons. The molecule has 0 spiro atoms. The molecule has 0 unspecified atom stereocenters. The molecule has 4 heteroatoms. The van der Waals surface area contributed by atoms with Crippen molar-refractivity contribution in [3.63, 3.8) is 0 Å². The fourth-order valence-corrected chi connectivity index (χ4v) is 2.17. The summed E-state index contributed by atoms with van der Waals surface area (Å²) in [5.41, 5.74) is 3.27. The average molecular weight is 229 g/mol. The molecular weight excluding hydrogens is 217 g/mol. The van der Waals surface area contributed by atoms with Crippen LogP contribution in [0.4, 0.5) is 4.39 Å². The van der Waals surface area contributed by atoms with Gasteiger partial charge in [0, 0.05) is 24.2 Å². The number of fused-ring (bicyclic) bond motifs is 1. The standard InChI is InChI=1S/C13H12FN3/c1-8-16-12-7-15-6-10(12)13(17-8)9-4-2-3-5-11(9)14/h2-5,15H,6-7H2,1H3. The molecule has 1 aromatic carbocycles. The van der Waals surface area contributed by atoms with Crippen LogP contribution in [0.5, 0.6) is 0 Å². The van der Waals surface area contributed by atoms with Crippen LogP contribution in [-0.2, 0) is 13.1 Å². The van der Waals surface area contributed by atoms with Gasteiger partial charge in [-0.2, -0.15) is 0 Å². The number of rotatable bonds is 1. The van der Waals surface area contributed by atoms with E-state index in [-0.39, 0.29) is 5.82 Å². The molecule has 1 aliphatic rings. The van der Waals surface area contributed by atoms with Gasteiger partial charge in [0.15, 0.2) is 0 Å². The van der Waals surface area contributed by atoms with Crippen molar-refractivity contribution in [1.82, 2.24) is 15.3 Å². The minimum absolute atomic E-state index is 0.236. The zero-order chi connectivity index (χ0) is 11.8. The summed E-state index contributed by atoms with van der Waals surface area (Å²) < 4.78 is 13.8. The molecule has 0 aliphatic carbocycles. The number of benzene rings is 1. The van der Waals surface area contributed by atoms with Crippen molar-refractivity contribution < 1.29 is 4.39 Å². The number of nitrogens with one attached hydrogen (secondary N) is 1. The van der Waals surface area contributed by atoms with Gasteiger partial charge in [0.1, 0.15) is 11.6 Å². The normalized spacial score (nSPS) is 13.8. The Morgan fingerprint density at radius 3 is 2.82 bits per heavy atom. The van der Waals surface area contributed by atoms with Crippen molar-refractivity contribution in [1.29, 1.82) is 0 Å². The molecule has 1 N–H and O–H groups in total. The van der Waals surface area contributed by atoms with Gasteiger partial charge in [-0.25, -0.2) is 14.4 Å². The number of hydrogen-bond donors (Lipinski definition) is 1. The smallest absolute Gasteiger partial charge is 0.132 e. The topological polar surface area (TPSA) is 37.8 Å². The summed E-state index contributed by atoms with van der Waals surface area (Å²) in [5.74, 6) is 0.449. The van der Waals surface area contributed by atoms with E-state index in [1.807, 2.05) is 13.0 Å². The lowest BCUT2D eigenvalue weighted by Crippen LogP contribution is -2.01. The summed E-state index contributed by atoms with van der Waals surface area (Å²) in [7, 11) is 0. The SMILES string of the molecule is Cc1nc2c(c(-c3ccccc3F)n1)CNC2. The Bertz CT molecular complexity index is 581. The second-order valence-electron chi connectivity index (χ2n) is 4.13. The van der Waals surface area contributed by atoms with Gasteiger partial charge in [0.2, 0.25) is 0 Å². The molecule has 3 nitrogen and oxygen atoms in total. The van der Waals surface area contributed by atoms with Gasteiger partial charge in [0.25, 0.3) is 0 Å². The third-order valence-electron chi connectivity index (χ3n) is 2.93. The van der Waals surface area contributed by atoms with Crippen molar-refractivity contribution >= 4 is 0 Å². The van der Waals surface area contributed by atoms with Gasteiger partial charge in [-0.3, -0.25) is 0 Å². The Morgan fingerprint density at radius 2 is 2.00 bits per heavy atom. The van der Waals surface area contributed by atoms with E-state index < -0.39 is 0 Å². The van der Waals surface area contributed by atoms with Gasteiger partial charge in [0.05, 0.1) is 11.4 Å². The lowest BCUT2D eigenvalue weighted by Gasteiger charge is -2.08. The van der Waals surface area contributed by atoms with Crippen molar-refractivity contribution in [2.45, 2.75) is 20.0 Å². The van der Waals surface area contributed by atoms with E-state index in [9.17, 15) is 4.39 Å². The van der Waals surface area contributed by atoms with Gasteiger partial charge in [-0.15, -0.1) is 0 Å².